The van der Waals surface area contributed by atoms with Crippen LogP contribution in [0.4, 0.5) is 16.0 Å². The largest absolute Gasteiger partial charge is 0.487 e. The average molecular weight is 507 g/mol. The van der Waals surface area contributed by atoms with Crippen LogP contribution in [-0.4, -0.2) is 71.1 Å². The van der Waals surface area contributed by atoms with E-state index in [-0.39, 0.29) is 23.7 Å². The summed E-state index contributed by atoms with van der Waals surface area (Å²) in [5, 5.41) is 0. The van der Waals surface area contributed by atoms with Crippen molar-refractivity contribution in [3.63, 3.8) is 0 Å². The summed E-state index contributed by atoms with van der Waals surface area (Å²) in [6.45, 7) is 8.39. The van der Waals surface area contributed by atoms with E-state index in [0.717, 1.165) is 38.3 Å². The monoisotopic (exact) mass is 506 g/mol. The molecule has 0 radical (unpaired) electrons. The van der Waals surface area contributed by atoms with Crippen LogP contribution in [-0.2, 0) is 4.79 Å². The molecule has 194 valence electrons. The molecule has 10 heteroatoms. The number of benzene rings is 1. The molecule has 0 bridgehead atoms. The van der Waals surface area contributed by atoms with Crippen LogP contribution in [0.25, 0.3) is 0 Å². The van der Waals surface area contributed by atoms with Gasteiger partial charge in [0.25, 0.3) is 0 Å². The van der Waals surface area contributed by atoms with Crippen molar-refractivity contribution in [2.45, 2.75) is 26.4 Å². The highest BCUT2D eigenvalue weighted by molar-refractivity contribution is 5.81. The molecule has 1 atom stereocenters. The Kier molecular flexibility index (Phi) is 7.34. The van der Waals surface area contributed by atoms with E-state index >= 15 is 0 Å². The summed E-state index contributed by atoms with van der Waals surface area (Å²) in [5.74, 6) is 2.18. The fourth-order valence-electron chi connectivity index (χ4n) is 4.60. The molecule has 2 aliphatic heterocycles. The van der Waals surface area contributed by atoms with Gasteiger partial charge < -0.3 is 24.2 Å². The summed E-state index contributed by atoms with van der Waals surface area (Å²) < 4.78 is 24.8. The number of ether oxygens (including phenoxy) is 2. The minimum atomic E-state index is -0.314. The standard InChI is InChI=1S/C27H31FN6O3/c1-3-32(4-2)26(35)19-16-34(17-19)27-30-13-21(14-31-27)33-12-11-24(18-33)36-23-9-10-25(29-15-23)37-22-7-5-20(28)6-8-22/h5-10,13-15,19,24H,3-4,11-12,16-18H2,1-2H3/t24-/m1/s1. The van der Waals surface area contributed by atoms with Gasteiger partial charge in [-0.05, 0) is 44.2 Å². The molecule has 2 aliphatic rings. The van der Waals surface area contributed by atoms with E-state index in [9.17, 15) is 9.18 Å². The van der Waals surface area contributed by atoms with Crippen molar-refractivity contribution < 1.29 is 18.7 Å². The first-order valence-corrected chi connectivity index (χ1v) is 12.7. The third-order valence-corrected chi connectivity index (χ3v) is 6.77. The SMILES string of the molecule is CCN(CC)C(=O)C1CN(c2ncc(N3CC[C@@H](Oc4ccc(Oc5ccc(F)cc5)nc4)C3)cn2)C1. The van der Waals surface area contributed by atoms with Crippen LogP contribution in [0.1, 0.15) is 20.3 Å². The van der Waals surface area contributed by atoms with E-state index in [1.807, 2.05) is 42.1 Å². The Morgan fingerprint density at radius 1 is 0.946 bits per heavy atom. The molecule has 2 saturated heterocycles. The van der Waals surface area contributed by atoms with Gasteiger partial charge in [0.2, 0.25) is 17.7 Å². The summed E-state index contributed by atoms with van der Waals surface area (Å²) in [7, 11) is 0. The highest BCUT2D eigenvalue weighted by Crippen LogP contribution is 2.27. The van der Waals surface area contributed by atoms with Gasteiger partial charge in [0.1, 0.15) is 23.4 Å². The number of rotatable bonds is 9. The lowest BCUT2D eigenvalue weighted by molar-refractivity contribution is -0.135. The van der Waals surface area contributed by atoms with Crippen molar-refractivity contribution >= 4 is 17.5 Å². The number of nitrogens with zero attached hydrogens (tertiary/aromatic N) is 6. The second-order valence-electron chi connectivity index (χ2n) is 9.22. The van der Waals surface area contributed by atoms with Gasteiger partial charge in [-0.3, -0.25) is 4.79 Å². The molecule has 1 amide bonds. The zero-order chi connectivity index (χ0) is 25.8. The number of halogens is 1. The van der Waals surface area contributed by atoms with E-state index in [1.54, 1.807) is 24.4 Å². The molecule has 0 unspecified atom stereocenters. The number of hydrogen-bond acceptors (Lipinski definition) is 8. The average Bonchev–Trinajstić information content (AvgIpc) is 3.35. The highest BCUT2D eigenvalue weighted by atomic mass is 19.1. The van der Waals surface area contributed by atoms with Gasteiger partial charge in [0, 0.05) is 45.2 Å². The Bertz CT molecular complexity index is 1180. The highest BCUT2D eigenvalue weighted by Gasteiger charge is 2.36. The van der Waals surface area contributed by atoms with E-state index in [2.05, 4.69) is 19.9 Å². The van der Waals surface area contributed by atoms with Crippen LogP contribution in [0, 0.1) is 11.7 Å². The molecule has 37 heavy (non-hydrogen) atoms. The molecule has 3 aromatic rings. The van der Waals surface area contributed by atoms with Gasteiger partial charge >= 0.3 is 0 Å². The van der Waals surface area contributed by atoms with Gasteiger partial charge in [-0.15, -0.1) is 0 Å². The zero-order valence-corrected chi connectivity index (χ0v) is 21.1. The molecule has 0 saturated carbocycles. The van der Waals surface area contributed by atoms with E-state index in [4.69, 9.17) is 9.47 Å². The van der Waals surface area contributed by atoms with Crippen LogP contribution in [0.2, 0.25) is 0 Å². The number of anilines is 2. The predicted octanol–water partition coefficient (Wildman–Crippen LogP) is 3.77. The van der Waals surface area contributed by atoms with Crippen LogP contribution in [0.3, 0.4) is 0 Å². The minimum absolute atomic E-state index is 0.0209. The summed E-state index contributed by atoms with van der Waals surface area (Å²) in [6.07, 6.45) is 6.20. The summed E-state index contributed by atoms with van der Waals surface area (Å²) in [4.78, 5) is 32.0. The van der Waals surface area contributed by atoms with Gasteiger partial charge in [-0.1, -0.05) is 0 Å². The maximum absolute atomic E-state index is 13.0. The van der Waals surface area contributed by atoms with Crippen molar-refractivity contribution in [1.82, 2.24) is 19.9 Å². The molecule has 0 aliphatic carbocycles. The summed E-state index contributed by atoms with van der Waals surface area (Å²) in [5.41, 5.74) is 0.951. The number of aromatic nitrogens is 3. The quantitative estimate of drug-likeness (QED) is 0.434. The lowest BCUT2D eigenvalue weighted by Gasteiger charge is -2.40. The molecule has 1 aromatic carbocycles. The Labute approximate surface area is 215 Å². The first-order valence-electron chi connectivity index (χ1n) is 12.7. The third-order valence-electron chi connectivity index (χ3n) is 6.77. The van der Waals surface area contributed by atoms with Crippen LogP contribution in [0.5, 0.6) is 17.4 Å². The third kappa shape index (κ3) is 5.73. The van der Waals surface area contributed by atoms with Gasteiger partial charge in [0.15, 0.2) is 0 Å². The fraction of sp³-hybridized carbons (Fsp3) is 0.407. The Morgan fingerprint density at radius 3 is 2.30 bits per heavy atom. The maximum Gasteiger partial charge on any atom is 0.229 e. The molecule has 2 fully saturated rings. The predicted molar refractivity (Wildman–Crippen MR) is 138 cm³/mol. The van der Waals surface area contributed by atoms with Crippen molar-refractivity contribution in [2.24, 2.45) is 5.92 Å². The minimum Gasteiger partial charge on any atom is -0.487 e. The molecular weight excluding hydrogens is 475 g/mol. The smallest absolute Gasteiger partial charge is 0.229 e. The topological polar surface area (TPSA) is 83.9 Å². The van der Waals surface area contributed by atoms with E-state index in [1.165, 1.54) is 12.1 Å². The molecule has 2 aromatic heterocycles. The Balaban J connectivity index is 1.09. The number of amides is 1. The molecule has 0 spiro atoms. The second-order valence-corrected chi connectivity index (χ2v) is 9.22. The van der Waals surface area contributed by atoms with Crippen molar-refractivity contribution in [3.8, 4) is 17.4 Å². The number of carbonyl (C=O) groups excluding carboxylic acids is 1. The lowest BCUT2D eigenvalue weighted by atomic mass is 9.99. The van der Waals surface area contributed by atoms with Crippen LogP contribution in [0.15, 0.2) is 55.0 Å². The van der Waals surface area contributed by atoms with Crippen LogP contribution < -0.4 is 19.3 Å². The number of pyridine rings is 1. The first kappa shape index (κ1) is 24.7. The van der Waals surface area contributed by atoms with Gasteiger partial charge in [-0.2, -0.15) is 0 Å². The summed E-state index contributed by atoms with van der Waals surface area (Å²) in [6, 6.07) is 9.34. The molecule has 5 rings (SSSR count). The fourth-order valence-corrected chi connectivity index (χ4v) is 4.60. The van der Waals surface area contributed by atoms with E-state index in [0.29, 0.717) is 36.4 Å². The maximum atomic E-state index is 13.0. The van der Waals surface area contributed by atoms with E-state index < -0.39 is 0 Å². The zero-order valence-electron chi connectivity index (χ0n) is 21.1. The van der Waals surface area contributed by atoms with Crippen molar-refractivity contribution in [2.75, 3.05) is 49.1 Å². The Hall–Kier alpha value is -3.95. The van der Waals surface area contributed by atoms with Gasteiger partial charge in [-0.25, -0.2) is 19.3 Å². The van der Waals surface area contributed by atoms with Crippen molar-refractivity contribution in [1.29, 1.82) is 0 Å². The molecule has 9 nitrogen and oxygen atoms in total. The summed E-state index contributed by atoms with van der Waals surface area (Å²) >= 11 is 0. The van der Waals surface area contributed by atoms with Crippen LogP contribution >= 0.6 is 0 Å². The molecular formula is C27H31FN6O3. The number of hydrogen-bond donors (Lipinski definition) is 0. The first-order chi connectivity index (χ1) is 18.0. The lowest BCUT2D eigenvalue weighted by Crippen LogP contribution is -2.55. The molecule has 4 heterocycles. The molecule has 0 N–H and O–H groups in total. The number of carbonyl (C=O) groups is 1. The van der Waals surface area contributed by atoms with Crippen molar-refractivity contribution in [3.05, 3.63) is 60.8 Å². The normalized spacial score (nSPS) is 17.4. The Morgan fingerprint density at radius 2 is 1.65 bits per heavy atom. The van der Waals surface area contributed by atoms with Gasteiger partial charge in [0.05, 0.1) is 36.7 Å². The second kappa shape index (κ2) is 11.0.